The van der Waals surface area contributed by atoms with Gasteiger partial charge in [-0.15, -0.1) is 0 Å². The molecule has 1 unspecified atom stereocenters. The Hall–Kier alpha value is -8.17. The molecule has 1 saturated heterocycles. The molecule has 7 aromatic rings. The summed E-state index contributed by atoms with van der Waals surface area (Å²) in [6, 6.07) is 49.8. The second kappa shape index (κ2) is 60.3. The van der Waals surface area contributed by atoms with Crippen molar-refractivity contribution in [3.05, 3.63) is 234 Å². The number of aliphatic hydroxyl groups excluding tert-OH is 1. The van der Waals surface area contributed by atoms with E-state index in [0.29, 0.717) is 86.2 Å². The zero-order chi connectivity index (χ0) is 88.3. The highest BCUT2D eigenvalue weighted by molar-refractivity contribution is 9.10. The summed E-state index contributed by atoms with van der Waals surface area (Å²) in [4.78, 5) is 91.3. The van der Waals surface area contributed by atoms with Crippen molar-refractivity contribution < 1.29 is 62.1 Å². The third kappa shape index (κ3) is 47.9. The summed E-state index contributed by atoms with van der Waals surface area (Å²) in [5.74, 6) is 5.78. The van der Waals surface area contributed by atoms with Crippen LogP contribution < -0.4 is 9.47 Å². The smallest absolute Gasteiger partial charge is 0.135 e. The first-order chi connectivity index (χ1) is 55.2. The van der Waals surface area contributed by atoms with Crippen LogP contribution in [0.5, 0.6) is 11.5 Å². The lowest BCUT2D eigenvalue weighted by atomic mass is 9.97. The van der Waals surface area contributed by atoms with E-state index in [4.69, 9.17) is 19.3 Å². The summed E-state index contributed by atoms with van der Waals surface area (Å²) >= 11 is 3.47. The Bertz CT molecular complexity index is 3930. The molecule has 0 radical (unpaired) electrons. The summed E-state index contributed by atoms with van der Waals surface area (Å²) in [5, 5.41) is 9.11. The zero-order valence-corrected chi connectivity index (χ0v) is 77.3. The molecular formula is C103H146BrFO12. The monoisotopic (exact) mass is 1670 g/mol. The molecule has 7 aromatic carbocycles. The van der Waals surface area contributed by atoms with E-state index in [2.05, 4.69) is 103 Å². The molecule has 644 valence electrons. The van der Waals surface area contributed by atoms with E-state index >= 15 is 0 Å². The van der Waals surface area contributed by atoms with Gasteiger partial charge >= 0.3 is 0 Å². The van der Waals surface area contributed by atoms with Gasteiger partial charge < -0.3 is 19.3 Å². The third-order valence-electron chi connectivity index (χ3n) is 20.4. The van der Waals surface area contributed by atoms with Crippen LogP contribution in [0, 0.1) is 93.7 Å². The Balaban J connectivity index is 0.000000670. The average Bonchev–Trinajstić information content (AvgIpc) is 1.08. The van der Waals surface area contributed by atoms with E-state index < -0.39 is 0 Å². The summed E-state index contributed by atoms with van der Waals surface area (Å²) in [6.07, 6.45) is 13.9. The summed E-state index contributed by atoms with van der Waals surface area (Å²) in [5.41, 5.74) is 14.8. The summed E-state index contributed by atoms with van der Waals surface area (Å²) < 4.78 is 30.0. The first kappa shape index (κ1) is 107. The van der Waals surface area contributed by atoms with Crippen LogP contribution in [0.25, 0.3) is 0 Å². The van der Waals surface area contributed by atoms with Crippen LogP contribution in [-0.2, 0) is 94.6 Å². The zero-order valence-electron chi connectivity index (χ0n) is 75.7. The fourth-order valence-corrected chi connectivity index (χ4v) is 12.3. The summed E-state index contributed by atoms with van der Waals surface area (Å²) in [6.45, 7) is 42.9. The van der Waals surface area contributed by atoms with Gasteiger partial charge in [-0.3, -0.25) is 38.4 Å². The van der Waals surface area contributed by atoms with Crippen molar-refractivity contribution in [1.29, 1.82) is 0 Å². The maximum Gasteiger partial charge on any atom is 0.135 e. The Morgan fingerprint density at radius 3 is 1.11 bits per heavy atom. The number of Topliss-reactive ketones (excluding diaryl/α,β-unsaturated/α-hetero) is 8. The van der Waals surface area contributed by atoms with E-state index in [1.54, 1.807) is 14.2 Å². The van der Waals surface area contributed by atoms with Gasteiger partial charge in [0.2, 0.25) is 0 Å². The van der Waals surface area contributed by atoms with E-state index in [1.807, 2.05) is 197 Å². The first-order valence-corrected chi connectivity index (χ1v) is 43.4. The van der Waals surface area contributed by atoms with Gasteiger partial charge in [0, 0.05) is 122 Å². The Morgan fingerprint density at radius 1 is 0.385 bits per heavy atom. The number of ketones is 8. The molecule has 0 saturated carbocycles. The van der Waals surface area contributed by atoms with E-state index in [-0.39, 0.29) is 77.1 Å². The van der Waals surface area contributed by atoms with Crippen molar-refractivity contribution in [2.24, 2.45) is 53.3 Å². The van der Waals surface area contributed by atoms with Crippen molar-refractivity contribution in [3.63, 3.8) is 0 Å². The first-order valence-electron chi connectivity index (χ1n) is 42.6. The number of benzene rings is 7. The van der Waals surface area contributed by atoms with Crippen molar-refractivity contribution in [1.82, 2.24) is 0 Å². The molecule has 117 heavy (non-hydrogen) atoms. The minimum absolute atomic E-state index is 0.0477. The maximum absolute atomic E-state index is 13.0. The fourth-order valence-electron chi connectivity index (χ4n) is 11.8. The van der Waals surface area contributed by atoms with Gasteiger partial charge in [0.1, 0.15) is 63.6 Å². The molecule has 1 fully saturated rings. The lowest BCUT2D eigenvalue weighted by Crippen LogP contribution is -2.09. The minimum atomic E-state index is -0.220. The Kier molecular flexibility index (Phi) is 55.1. The average molecular weight is 1680 g/mol. The predicted octanol–water partition coefficient (Wildman–Crippen LogP) is 24.3. The van der Waals surface area contributed by atoms with Gasteiger partial charge in [0.25, 0.3) is 0 Å². The number of ether oxygens (including phenoxy) is 3. The molecule has 14 heteroatoms. The van der Waals surface area contributed by atoms with Crippen LogP contribution in [0.4, 0.5) is 4.39 Å². The molecule has 1 atom stereocenters. The van der Waals surface area contributed by atoms with Crippen LogP contribution >= 0.6 is 15.9 Å². The largest absolute Gasteiger partial charge is 0.496 e. The molecule has 8 rings (SSSR count). The van der Waals surface area contributed by atoms with Gasteiger partial charge in [-0.25, -0.2) is 4.39 Å². The number of halogens is 2. The van der Waals surface area contributed by atoms with Crippen molar-refractivity contribution in [2.45, 2.75) is 268 Å². The van der Waals surface area contributed by atoms with Crippen LogP contribution in [0.1, 0.15) is 254 Å². The van der Waals surface area contributed by atoms with Gasteiger partial charge in [-0.2, -0.15) is 0 Å². The number of methoxy groups -OCH3 is 2. The van der Waals surface area contributed by atoms with Gasteiger partial charge in [0.15, 0.2) is 0 Å². The lowest BCUT2D eigenvalue weighted by Gasteiger charge is -2.12. The molecular weight excluding hydrogens is 1530 g/mol. The number of hydrogen-bond acceptors (Lipinski definition) is 12. The number of aliphatic hydroxyl groups is 1. The molecule has 1 N–H and O–H groups in total. The molecule has 0 spiro atoms. The van der Waals surface area contributed by atoms with Crippen LogP contribution in [-0.4, -0.2) is 78.8 Å². The van der Waals surface area contributed by atoms with Gasteiger partial charge in [-0.1, -0.05) is 259 Å². The second-order valence-electron chi connectivity index (χ2n) is 33.3. The van der Waals surface area contributed by atoms with Crippen LogP contribution in [0.15, 0.2) is 156 Å². The molecule has 0 aromatic heterocycles. The lowest BCUT2D eigenvalue weighted by molar-refractivity contribution is -0.122. The van der Waals surface area contributed by atoms with E-state index in [9.17, 15) is 42.7 Å². The highest BCUT2D eigenvalue weighted by Gasteiger charge is 2.19. The van der Waals surface area contributed by atoms with E-state index in [1.165, 1.54) is 51.1 Å². The minimum Gasteiger partial charge on any atom is -0.496 e. The number of aryl methyl sites for hydroxylation is 11. The third-order valence-corrected chi connectivity index (χ3v) is 21.2. The standard InChI is InChI=1S/C15H22O3.C14H20O.C13H17FO.C13H18O2.2C13H18O.C12H15BrO.C10H18O2/c1-10(2)13(16)7-6-12-8-14(17-4)11(3)15(9-12)18-5;1-11(2)14(15)6-4-5-13-9-7-12(3)8-10-13;1-9(2)13(15)5-4-11-6-10(3)7-12(14)8-11;1-10(2)13(15)8-7-11-5-3-4-6-12(11)9-14;1-10(2)13(14)9-8-12-6-4-11(3)5-7-12;1-10(2)13(14)9-8-12-7-5-4-6-11(12)3;1-9(2)12(14)8-7-10-5-3-4-6-11(10)13;1-8(2)10(11)4-3-9-5-6-12-7-9/h8-10H,6-7H2,1-5H3;7-11H,4-6H2,1-3H3;6-9H,4-5H2,1-3H3;3-6,10,14H,7-9H2,1-2H3;2*4-7,10H,8-9H2,1-3H3;3-6,9H,7-8H2,1-2H3;8-9H,3-7H2,1-2H3. The second-order valence-corrected chi connectivity index (χ2v) is 34.1. The van der Waals surface area contributed by atoms with Gasteiger partial charge in [-0.05, 0) is 191 Å². The predicted molar refractivity (Wildman–Crippen MR) is 485 cm³/mol. The summed E-state index contributed by atoms with van der Waals surface area (Å²) in [7, 11) is 3.29. The highest BCUT2D eigenvalue weighted by Crippen LogP contribution is 2.31. The fraction of sp³-hybridized carbons (Fsp3) is 0.515. The van der Waals surface area contributed by atoms with E-state index in [0.717, 1.165) is 127 Å². The molecule has 1 aliphatic heterocycles. The normalized spacial score (nSPS) is 11.9. The SMILES string of the molecule is CC(C)C(=O)CCC1CCOC1.CC(C)C(=O)CCc1ccccc1Br.CC(C)C(=O)CCc1ccccc1CO.COc1cc(CCC(=O)C(C)C)cc(OC)c1C.Cc1cc(F)cc(CCC(=O)C(C)C)c1.Cc1ccc(CCC(=O)C(C)C)cc1.Cc1ccc(CCCC(=O)C(C)C)cc1.Cc1ccccc1CCC(=O)C(C)C. The molecule has 1 aliphatic rings. The molecule has 12 nitrogen and oxygen atoms in total. The van der Waals surface area contributed by atoms with Crippen LogP contribution in [0.2, 0.25) is 0 Å². The number of hydrogen-bond donors (Lipinski definition) is 1. The quantitative estimate of drug-likeness (QED) is 0.0393. The molecule has 0 bridgehead atoms. The molecule has 1 heterocycles. The molecule has 0 amide bonds. The van der Waals surface area contributed by atoms with Crippen LogP contribution in [0.3, 0.4) is 0 Å². The molecule has 0 aliphatic carbocycles. The number of rotatable bonds is 36. The topological polar surface area (TPSA) is 184 Å². The number of carbonyl (C=O) groups excluding carboxylic acids is 8. The van der Waals surface area contributed by atoms with Crippen molar-refractivity contribution >= 4 is 62.2 Å². The Morgan fingerprint density at radius 2 is 0.726 bits per heavy atom. The number of carbonyl (C=O) groups is 8. The highest BCUT2D eigenvalue weighted by atomic mass is 79.9. The maximum atomic E-state index is 13.0. The Labute approximate surface area is 714 Å². The van der Waals surface area contributed by atoms with Crippen molar-refractivity contribution in [3.8, 4) is 11.5 Å². The van der Waals surface area contributed by atoms with Gasteiger partial charge in [0.05, 0.1) is 20.8 Å². The van der Waals surface area contributed by atoms with Crippen molar-refractivity contribution in [2.75, 3.05) is 27.4 Å².